The number of benzene rings is 1. The van der Waals surface area contributed by atoms with Gasteiger partial charge in [-0.25, -0.2) is 22.8 Å². The Morgan fingerprint density at radius 1 is 1.09 bits per heavy atom. The second-order valence-electron chi connectivity index (χ2n) is 8.73. The lowest BCUT2D eigenvalue weighted by Crippen LogP contribution is -2.43. The lowest BCUT2D eigenvalue weighted by molar-refractivity contribution is 0.201. The monoisotopic (exact) mass is 486 g/mol. The fraction of sp³-hybridized carbons (Fsp3) is 0.360. The molecule has 0 aliphatic carbocycles. The predicted molar refractivity (Wildman–Crippen MR) is 127 cm³/mol. The molecule has 1 aliphatic rings. The Labute approximate surface area is 199 Å². The minimum atomic E-state index is -3.76. The van der Waals surface area contributed by atoms with Gasteiger partial charge in [0.15, 0.2) is 5.03 Å². The van der Waals surface area contributed by atoms with Gasteiger partial charge >= 0.3 is 0 Å². The summed E-state index contributed by atoms with van der Waals surface area (Å²) in [5, 5.41) is -0.0482. The first kappa shape index (κ1) is 24.2. The van der Waals surface area contributed by atoms with Crippen molar-refractivity contribution in [3.05, 3.63) is 83.3 Å². The fourth-order valence-corrected chi connectivity index (χ4v) is 5.66. The van der Waals surface area contributed by atoms with Gasteiger partial charge in [-0.05, 0) is 49.6 Å². The number of aryl methyl sites for hydroxylation is 1. The van der Waals surface area contributed by atoms with E-state index in [1.807, 2.05) is 26.1 Å². The van der Waals surface area contributed by atoms with Crippen molar-refractivity contribution in [2.75, 3.05) is 25.0 Å². The van der Waals surface area contributed by atoms with Crippen LogP contribution in [0, 0.1) is 18.7 Å². The van der Waals surface area contributed by atoms with Crippen LogP contribution >= 0.6 is 0 Å². The molecule has 0 saturated carbocycles. The molecule has 3 aromatic rings. The summed E-state index contributed by atoms with van der Waals surface area (Å²) in [5.74, 6) is -1.30. The first-order chi connectivity index (χ1) is 16.2. The van der Waals surface area contributed by atoms with Crippen molar-refractivity contribution in [3.63, 3.8) is 0 Å². The largest absolute Gasteiger partial charge is 0.370 e. The molecule has 0 N–H and O–H groups in total. The van der Waals surface area contributed by atoms with Gasteiger partial charge in [-0.1, -0.05) is 24.3 Å². The predicted octanol–water partition coefficient (Wildman–Crippen LogP) is 4.14. The standard InChI is InChI=1S/C25H28F2N4O2S/c1-18-14-25(34(32,33)17-20-7-5-9-24(27)29-20)28-15-23(18)30(2)21-10-12-31(13-11-21)16-19-6-3-4-8-22(19)26/h3-9,14-15,21H,10-13,16-17H2,1-2H3. The Morgan fingerprint density at radius 2 is 1.82 bits per heavy atom. The number of anilines is 1. The van der Waals surface area contributed by atoms with Crippen molar-refractivity contribution in [2.24, 2.45) is 0 Å². The highest BCUT2D eigenvalue weighted by Crippen LogP contribution is 2.27. The van der Waals surface area contributed by atoms with E-state index < -0.39 is 21.5 Å². The number of pyridine rings is 2. The minimum Gasteiger partial charge on any atom is -0.370 e. The molecule has 0 spiro atoms. The van der Waals surface area contributed by atoms with Gasteiger partial charge in [0.25, 0.3) is 0 Å². The highest BCUT2D eigenvalue weighted by molar-refractivity contribution is 7.90. The van der Waals surface area contributed by atoms with Crippen LogP contribution in [0.25, 0.3) is 0 Å². The van der Waals surface area contributed by atoms with Crippen LogP contribution in [0.3, 0.4) is 0 Å². The minimum absolute atomic E-state index is 0.0482. The Bertz CT molecular complexity index is 1260. The summed E-state index contributed by atoms with van der Waals surface area (Å²) in [4.78, 5) is 12.3. The SMILES string of the molecule is Cc1cc(S(=O)(=O)Cc2cccc(F)n2)ncc1N(C)C1CCN(Cc2ccccc2F)CC1. The van der Waals surface area contributed by atoms with Gasteiger partial charge in [-0.15, -0.1) is 0 Å². The molecule has 1 aliphatic heterocycles. The molecule has 6 nitrogen and oxygen atoms in total. The van der Waals surface area contributed by atoms with Gasteiger partial charge in [0, 0.05) is 38.3 Å². The molecule has 9 heteroatoms. The molecule has 0 atom stereocenters. The number of sulfone groups is 1. The third-order valence-electron chi connectivity index (χ3n) is 6.32. The normalized spacial score (nSPS) is 15.4. The Kier molecular flexibility index (Phi) is 7.23. The molecule has 180 valence electrons. The quantitative estimate of drug-likeness (QED) is 0.468. The lowest BCUT2D eigenvalue weighted by atomic mass is 10.0. The third-order valence-corrected chi connectivity index (χ3v) is 7.86. The van der Waals surface area contributed by atoms with Crippen molar-refractivity contribution in [3.8, 4) is 0 Å². The highest BCUT2D eigenvalue weighted by Gasteiger charge is 2.25. The molecule has 34 heavy (non-hydrogen) atoms. The average Bonchev–Trinajstić information content (AvgIpc) is 2.80. The van der Waals surface area contributed by atoms with Gasteiger partial charge in [0.1, 0.15) is 5.82 Å². The number of hydrogen-bond donors (Lipinski definition) is 0. The van der Waals surface area contributed by atoms with Crippen molar-refractivity contribution < 1.29 is 17.2 Å². The van der Waals surface area contributed by atoms with E-state index >= 15 is 0 Å². The van der Waals surface area contributed by atoms with Crippen LogP contribution < -0.4 is 4.90 Å². The lowest BCUT2D eigenvalue weighted by Gasteiger charge is -2.38. The van der Waals surface area contributed by atoms with Gasteiger partial charge < -0.3 is 4.90 Å². The van der Waals surface area contributed by atoms with Crippen LogP contribution in [-0.4, -0.2) is 49.5 Å². The van der Waals surface area contributed by atoms with Crippen molar-refractivity contribution in [1.29, 1.82) is 0 Å². The Balaban J connectivity index is 1.40. The second kappa shape index (κ2) is 10.1. The third kappa shape index (κ3) is 5.59. The number of aromatic nitrogens is 2. The van der Waals surface area contributed by atoms with Crippen LogP contribution in [0.1, 0.15) is 29.7 Å². The number of halogens is 2. The van der Waals surface area contributed by atoms with Crippen LogP contribution in [0.5, 0.6) is 0 Å². The number of likely N-dealkylation sites (tertiary alicyclic amines) is 1. The van der Waals surface area contributed by atoms with Crippen LogP contribution in [0.4, 0.5) is 14.5 Å². The molecule has 0 unspecified atom stereocenters. The van der Waals surface area contributed by atoms with Crippen molar-refractivity contribution in [1.82, 2.24) is 14.9 Å². The molecule has 0 radical (unpaired) electrons. The first-order valence-electron chi connectivity index (χ1n) is 11.2. The molecule has 1 aromatic carbocycles. The van der Waals surface area contributed by atoms with Crippen molar-refractivity contribution >= 4 is 15.5 Å². The summed E-state index contributed by atoms with van der Waals surface area (Å²) < 4.78 is 52.9. The molecule has 2 aromatic heterocycles. The Hall–Kier alpha value is -2.91. The van der Waals surface area contributed by atoms with Gasteiger partial charge in [0.2, 0.25) is 15.8 Å². The number of nitrogens with zero attached hydrogens (tertiary/aromatic N) is 4. The average molecular weight is 487 g/mol. The first-order valence-corrected chi connectivity index (χ1v) is 12.9. The molecule has 3 heterocycles. The van der Waals surface area contributed by atoms with E-state index in [1.165, 1.54) is 24.3 Å². The van der Waals surface area contributed by atoms with Gasteiger partial charge in [0.05, 0.1) is 23.3 Å². The maximum absolute atomic E-state index is 14.0. The molecular formula is C25H28F2N4O2S. The van der Waals surface area contributed by atoms with E-state index in [2.05, 4.69) is 19.8 Å². The van der Waals surface area contributed by atoms with E-state index in [4.69, 9.17) is 0 Å². The fourth-order valence-electron chi connectivity index (χ4n) is 4.39. The Morgan fingerprint density at radius 3 is 2.50 bits per heavy atom. The summed E-state index contributed by atoms with van der Waals surface area (Å²) in [6.45, 7) is 4.16. The zero-order chi connectivity index (χ0) is 24.3. The summed E-state index contributed by atoms with van der Waals surface area (Å²) in [5.41, 5.74) is 2.52. The van der Waals surface area contributed by atoms with E-state index in [9.17, 15) is 17.2 Å². The van der Waals surface area contributed by atoms with Crippen LogP contribution in [0.15, 0.2) is 59.8 Å². The molecule has 0 amide bonds. The summed E-state index contributed by atoms with van der Waals surface area (Å²) in [6.07, 6.45) is 3.41. The smallest absolute Gasteiger partial charge is 0.213 e. The van der Waals surface area contributed by atoms with Gasteiger partial charge in [-0.3, -0.25) is 4.90 Å². The second-order valence-corrected chi connectivity index (χ2v) is 10.7. The number of hydrogen-bond acceptors (Lipinski definition) is 6. The molecular weight excluding hydrogens is 458 g/mol. The molecule has 4 rings (SSSR count). The van der Waals surface area contributed by atoms with E-state index in [-0.39, 0.29) is 22.6 Å². The summed E-state index contributed by atoms with van der Waals surface area (Å²) >= 11 is 0. The van der Waals surface area contributed by atoms with Crippen LogP contribution in [0.2, 0.25) is 0 Å². The molecule has 1 saturated heterocycles. The zero-order valence-electron chi connectivity index (χ0n) is 19.3. The van der Waals surface area contributed by atoms with E-state index in [0.29, 0.717) is 12.1 Å². The summed E-state index contributed by atoms with van der Waals surface area (Å²) in [6, 6.07) is 12.8. The van der Waals surface area contributed by atoms with E-state index in [0.717, 1.165) is 37.2 Å². The van der Waals surface area contributed by atoms with Crippen molar-refractivity contribution in [2.45, 2.75) is 43.1 Å². The number of rotatable bonds is 7. The van der Waals surface area contributed by atoms with Gasteiger partial charge in [-0.2, -0.15) is 4.39 Å². The van der Waals surface area contributed by atoms with E-state index in [1.54, 1.807) is 18.3 Å². The maximum atomic E-state index is 14.0. The zero-order valence-corrected chi connectivity index (χ0v) is 20.1. The molecule has 0 bridgehead atoms. The molecule has 1 fully saturated rings. The summed E-state index contributed by atoms with van der Waals surface area (Å²) in [7, 11) is -1.76. The topological polar surface area (TPSA) is 66.4 Å². The highest BCUT2D eigenvalue weighted by atomic mass is 32.2. The maximum Gasteiger partial charge on any atom is 0.213 e. The van der Waals surface area contributed by atoms with Crippen LogP contribution in [-0.2, 0) is 22.1 Å². The number of piperidine rings is 1.